The number of nitrogens with zero attached hydrogens (tertiary/aromatic N) is 5. The van der Waals surface area contributed by atoms with E-state index in [1.165, 1.54) is 0 Å². The molecule has 1 unspecified atom stereocenters. The summed E-state index contributed by atoms with van der Waals surface area (Å²) in [5, 5.41) is 12.7. The smallest absolute Gasteiger partial charge is 0.313 e. The molecule has 1 aromatic heterocycles. The van der Waals surface area contributed by atoms with Gasteiger partial charge in [-0.25, -0.2) is 9.78 Å². The molecule has 8 nitrogen and oxygen atoms in total. The highest BCUT2D eigenvalue weighted by Crippen LogP contribution is 2.24. The monoisotopic (exact) mass is 494 g/mol. The number of para-hydroxylation sites is 1. The molecular formula is C29H30N6O2. The van der Waals surface area contributed by atoms with Crippen LogP contribution >= 0.6 is 0 Å². The molecule has 4 aromatic rings. The van der Waals surface area contributed by atoms with Gasteiger partial charge in [-0.2, -0.15) is 5.26 Å². The second-order valence-electron chi connectivity index (χ2n) is 9.26. The first kappa shape index (κ1) is 25.6. The fraction of sp³-hybridized carbons (Fsp3) is 0.241. The maximum absolute atomic E-state index is 13.8. The Morgan fingerprint density at radius 2 is 1.81 bits per heavy atom. The highest BCUT2D eigenvalue weighted by Gasteiger charge is 2.27. The van der Waals surface area contributed by atoms with Gasteiger partial charge in [0.05, 0.1) is 34.3 Å². The van der Waals surface area contributed by atoms with Gasteiger partial charge in [0.1, 0.15) is 5.82 Å². The fourth-order valence-corrected chi connectivity index (χ4v) is 4.23. The molecular weight excluding hydrogens is 464 g/mol. The third kappa shape index (κ3) is 5.68. The maximum atomic E-state index is 13.8. The number of fused-ring (bicyclic) bond motifs is 1. The highest BCUT2D eigenvalue weighted by atomic mass is 16.2. The van der Waals surface area contributed by atoms with Crippen LogP contribution in [0.1, 0.15) is 29.9 Å². The van der Waals surface area contributed by atoms with Gasteiger partial charge >= 0.3 is 6.03 Å². The number of hydrogen-bond donors (Lipinski definition) is 1. The number of aryl methyl sites for hydroxylation is 1. The molecule has 0 fully saturated rings. The SMILES string of the molecule is Cc1cccc(-n2c(C(C)N(CCN(C)C)C(=O)Nc3cccc(C#N)c3)nc3ccccc3c2=O)c1. The minimum Gasteiger partial charge on any atom is -0.313 e. The van der Waals surface area contributed by atoms with E-state index in [0.717, 1.165) is 5.56 Å². The normalized spacial score (nSPS) is 11.8. The van der Waals surface area contributed by atoms with Crippen molar-refractivity contribution < 1.29 is 4.79 Å². The highest BCUT2D eigenvalue weighted by molar-refractivity contribution is 5.90. The average molecular weight is 495 g/mol. The number of aromatic nitrogens is 2. The quantitative estimate of drug-likeness (QED) is 0.401. The Morgan fingerprint density at radius 3 is 2.54 bits per heavy atom. The van der Waals surface area contributed by atoms with Crippen LogP contribution in [0.4, 0.5) is 10.5 Å². The summed E-state index contributed by atoms with van der Waals surface area (Å²) < 4.78 is 1.60. The lowest BCUT2D eigenvalue weighted by atomic mass is 10.1. The number of nitrogens with one attached hydrogen (secondary N) is 1. The lowest BCUT2D eigenvalue weighted by Gasteiger charge is -2.31. The van der Waals surface area contributed by atoms with Crippen molar-refractivity contribution in [3.63, 3.8) is 0 Å². The summed E-state index contributed by atoms with van der Waals surface area (Å²) in [4.78, 5) is 35.9. The van der Waals surface area contributed by atoms with Gasteiger partial charge in [0.15, 0.2) is 0 Å². The molecule has 0 aliphatic carbocycles. The molecule has 8 heteroatoms. The van der Waals surface area contributed by atoms with Crippen LogP contribution in [-0.2, 0) is 0 Å². The second-order valence-corrected chi connectivity index (χ2v) is 9.26. The summed E-state index contributed by atoms with van der Waals surface area (Å²) in [7, 11) is 3.88. The van der Waals surface area contributed by atoms with Crippen LogP contribution in [0, 0.1) is 18.3 Å². The van der Waals surface area contributed by atoms with Crippen LogP contribution in [0.25, 0.3) is 16.6 Å². The number of nitriles is 1. The van der Waals surface area contributed by atoms with Gasteiger partial charge in [-0.3, -0.25) is 9.36 Å². The Hall–Kier alpha value is -4.48. The molecule has 1 atom stereocenters. The molecule has 0 aliphatic heterocycles. The van der Waals surface area contributed by atoms with Crippen molar-refractivity contribution in [2.75, 3.05) is 32.5 Å². The number of carbonyl (C=O) groups excluding carboxylic acids is 1. The molecule has 0 bridgehead atoms. The van der Waals surface area contributed by atoms with Crippen LogP contribution in [0.15, 0.2) is 77.6 Å². The number of benzene rings is 3. The van der Waals surface area contributed by atoms with Crippen LogP contribution in [0.2, 0.25) is 0 Å². The molecule has 1 N–H and O–H groups in total. The summed E-state index contributed by atoms with van der Waals surface area (Å²) in [5.41, 5.74) is 3.07. The van der Waals surface area contributed by atoms with Crippen molar-refractivity contribution in [1.82, 2.24) is 19.4 Å². The summed E-state index contributed by atoms with van der Waals surface area (Å²) >= 11 is 0. The minimum atomic E-state index is -0.545. The van der Waals surface area contributed by atoms with E-state index in [-0.39, 0.29) is 11.6 Å². The Bertz CT molecular complexity index is 1540. The van der Waals surface area contributed by atoms with Gasteiger partial charge in [-0.05, 0) is 76.0 Å². The molecule has 188 valence electrons. The number of anilines is 1. The van der Waals surface area contributed by atoms with Gasteiger partial charge in [0.25, 0.3) is 5.56 Å². The first-order valence-electron chi connectivity index (χ1n) is 12.1. The maximum Gasteiger partial charge on any atom is 0.322 e. The van der Waals surface area contributed by atoms with Gasteiger partial charge in [-0.1, -0.05) is 30.3 Å². The number of likely N-dealkylation sites (N-methyl/N-ethyl adjacent to an activating group) is 1. The lowest BCUT2D eigenvalue weighted by molar-refractivity contribution is 0.181. The first-order chi connectivity index (χ1) is 17.8. The zero-order valence-electron chi connectivity index (χ0n) is 21.5. The van der Waals surface area contributed by atoms with E-state index in [1.54, 1.807) is 39.8 Å². The van der Waals surface area contributed by atoms with Crippen molar-refractivity contribution in [2.45, 2.75) is 19.9 Å². The number of hydrogen-bond acceptors (Lipinski definition) is 5. The van der Waals surface area contributed by atoms with Crippen molar-refractivity contribution in [3.8, 4) is 11.8 Å². The zero-order valence-corrected chi connectivity index (χ0v) is 21.5. The van der Waals surface area contributed by atoms with E-state index in [9.17, 15) is 14.9 Å². The van der Waals surface area contributed by atoms with Crippen molar-refractivity contribution in [2.24, 2.45) is 0 Å². The minimum absolute atomic E-state index is 0.187. The molecule has 37 heavy (non-hydrogen) atoms. The van der Waals surface area contributed by atoms with Crippen molar-refractivity contribution in [1.29, 1.82) is 5.26 Å². The van der Waals surface area contributed by atoms with E-state index in [4.69, 9.17) is 4.98 Å². The van der Waals surface area contributed by atoms with Gasteiger partial charge in [-0.15, -0.1) is 0 Å². The Morgan fingerprint density at radius 1 is 1.05 bits per heavy atom. The number of amides is 2. The van der Waals surface area contributed by atoms with E-state index >= 15 is 0 Å². The van der Waals surface area contributed by atoms with Crippen LogP contribution < -0.4 is 10.9 Å². The Balaban J connectivity index is 1.83. The standard InChI is InChI=1S/C29H30N6O2/c1-20-9-7-12-24(17-20)35-27(32-26-14-6-5-13-25(26)28(35)36)21(2)34(16-15-33(3)4)29(37)31-23-11-8-10-22(18-23)19-30/h5-14,17-18,21H,15-16H2,1-4H3,(H,31,37). The molecule has 0 saturated carbocycles. The third-order valence-electron chi connectivity index (χ3n) is 6.19. The van der Waals surface area contributed by atoms with Gasteiger partial charge in [0, 0.05) is 18.8 Å². The third-order valence-corrected chi connectivity index (χ3v) is 6.19. The molecule has 4 rings (SSSR count). The Kier molecular flexibility index (Phi) is 7.66. The van der Waals surface area contributed by atoms with Gasteiger partial charge in [0.2, 0.25) is 0 Å². The number of carbonyl (C=O) groups is 1. The molecule has 0 saturated heterocycles. The Labute approximate surface area is 216 Å². The topological polar surface area (TPSA) is 94.3 Å². The zero-order chi connectivity index (χ0) is 26.5. The molecule has 0 aliphatic rings. The van der Waals surface area contributed by atoms with E-state index < -0.39 is 6.04 Å². The molecule has 0 radical (unpaired) electrons. The van der Waals surface area contributed by atoms with Gasteiger partial charge < -0.3 is 15.1 Å². The average Bonchev–Trinajstić information content (AvgIpc) is 2.88. The predicted molar refractivity (Wildman–Crippen MR) is 146 cm³/mol. The van der Waals surface area contributed by atoms with Crippen molar-refractivity contribution >= 4 is 22.6 Å². The summed E-state index contributed by atoms with van der Waals surface area (Å²) in [6, 6.07) is 22.9. The van der Waals surface area contributed by atoms with E-state index in [2.05, 4.69) is 11.4 Å². The lowest BCUT2D eigenvalue weighted by Crippen LogP contribution is -2.43. The van der Waals surface area contributed by atoms with Crippen LogP contribution in [0.5, 0.6) is 0 Å². The first-order valence-corrected chi connectivity index (χ1v) is 12.1. The van der Waals surface area contributed by atoms with Crippen molar-refractivity contribution in [3.05, 3.63) is 100 Å². The summed E-state index contributed by atoms with van der Waals surface area (Å²) in [5.74, 6) is 0.467. The molecule has 3 aromatic carbocycles. The largest absolute Gasteiger partial charge is 0.322 e. The molecule has 0 spiro atoms. The van der Waals surface area contributed by atoms with Crippen LogP contribution in [0.3, 0.4) is 0 Å². The number of urea groups is 1. The van der Waals surface area contributed by atoms with Crippen LogP contribution in [-0.4, -0.2) is 52.6 Å². The fourth-order valence-electron chi connectivity index (χ4n) is 4.23. The summed E-state index contributed by atoms with van der Waals surface area (Å²) in [6.45, 7) is 4.86. The van der Waals surface area contributed by atoms with E-state index in [1.807, 2.05) is 75.3 Å². The number of rotatable bonds is 7. The molecule has 2 amide bonds. The second kappa shape index (κ2) is 11.1. The van der Waals surface area contributed by atoms with E-state index in [0.29, 0.717) is 46.8 Å². The summed E-state index contributed by atoms with van der Waals surface area (Å²) in [6.07, 6.45) is 0. The predicted octanol–water partition coefficient (Wildman–Crippen LogP) is 4.72. The molecule has 1 heterocycles.